The summed E-state index contributed by atoms with van der Waals surface area (Å²) in [5.74, 6) is -0.709. The summed E-state index contributed by atoms with van der Waals surface area (Å²) < 4.78 is 0. The number of carbonyl (C=O) groups is 1. The zero-order valence-electron chi connectivity index (χ0n) is 10.7. The predicted molar refractivity (Wildman–Crippen MR) is 68.9 cm³/mol. The van der Waals surface area contributed by atoms with Gasteiger partial charge in [0.2, 0.25) is 0 Å². The molecular weight excluding hydrogens is 214 g/mol. The van der Waals surface area contributed by atoms with Gasteiger partial charge in [-0.3, -0.25) is 10.1 Å². The van der Waals surface area contributed by atoms with E-state index >= 15 is 0 Å². The van der Waals surface area contributed by atoms with Gasteiger partial charge in [0.15, 0.2) is 0 Å². The fourth-order valence-corrected chi connectivity index (χ4v) is 1.90. The SMILES string of the molecule is CCC(NC(C(=O)O)C(C)C)c1ccccc1. The highest BCUT2D eigenvalue weighted by Crippen LogP contribution is 2.18. The molecule has 2 N–H and O–H groups in total. The van der Waals surface area contributed by atoms with Crippen molar-refractivity contribution < 1.29 is 9.90 Å². The van der Waals surface area contributed by atoms with Crippen LogP contribution in [0.4, 0.5) is 0 Å². The van der Waals surface area contributed by atoms with E-state index in [2.05, 4.69) is 12.2 Å². The van der Waals surface area contributed by atoms with Gasteiger partial charge in [0.1, 0.15) is 6.04 Å². The van der Waals surface area contributed by atoms with Crippen molar-refractivity contribution in [3.8, 4) is 0 Å². The van der Waals surface area contributed by atoms with E-state index < -0.39 is 12.0 Å². The van der Waals surface area contributed by atoms with Crippen LogP contribution < -0.4 is 5.32 Å². The first-order valence-corrected chi connectivity index (χ1v) is 6.10. The van der Waals surface area contributed by atoms with Crippen molar-refractivity contribution in [1.29, 1.82) is 0 Å². The lowest BCUT2D eigenvalue weighted by atomic mass is 9.99. The summed E-state index contributed by atoms with van der Waals surface area (Å²) in [6, 6.07) is 9.57. The fourth-order valence-electron chi connectivity index (χ4n) is 1.90. The molecule has 0 aliphatic heterocycles. The normalized spacial score (nSPS) is 14.6. The Morgan fingerprint density at radius 2 is 1.88 bits per heavy atom. The van der Waals surface area contributed by atoms with Crippen LogP contribution in [-0.2, 0) is 4.79 Å². The Morgan fingerprint density at radius 3 is 2.29 bits per heavy atom. The van der Waals surface area contributed by atoms with Crippen LogP contribution in [0.3, 0.4) is 0 Å². The molecule has 3 heteroatoms. The zero-order valence-corrected chi connectivity index (χ0v) is 10.7. The lowest BCUT2D eigenvalue weighted by Gasteiger charge is -2.25. The van der Waals surface area contributed by atoms with Crippen molar-refractivity contribution in [3.05, 3.63) is 35.9 Å². The van der Waals surface area contributed by atoms with Gasteiger partial charge in [-0.05, 0) is 17.9 Å². The maximum atomic E-state index is 11.2. The van der Waals surface area contributed by atoms with Crippen molar-refractivity contribution in [2.24, 2.45) is 5.92 Å². The van der Waals surface area contributed by atoms with E-state index in [9.17, 15) is 9.90 Å². The Bertz CT molecular complexity index is 348. The molecule has 1 rings (SSSR count). The van der Waals surface area contributed by atoms with E-state index in [4.69, 9.17) is 0 Å². The first-order chi connectivity index (χ1) is 8.06. The lowest BCUT2D eigenvalue weighted by molar-refractivity contribution is -0.140. The van der Waals surface area contributed by atoms with Gasteiger partial charge < -0.3 is 5.11 Å². The number of benzene rings is 1. The average Bonchev–Trinajstić information content (AvgIpc) is 2.30. The van der Waals surface area contributed by atoms with Crippen molar-refractivity contribution in [1.82, 2.24) is 5.32 Å². The van der Waals surface area contributed by atoms with Gasteiger partial charge in [-0.25, -0.2) is 0 Å². The summed E-state index contributed by atoms with van der Waals surface area (Å²) in [6.07, 6.45) is 0.876. The fraction of sp³-hybridized carbons (Fsp3) is 0.500. The van der Waals surface area contributed by atoms with E-state index in [0.29, 0.717) is 0 Å². The Hall–Kier alpha value is -1.35. The highest BCUT2D eigenvalue weighted by molar-refractivity contribution is 5.73. The summed E-state index contributed by atoms with van der Waals surface area (Å²) in [7, 11) is 0. The van der Waals surface area contributed by atoms with Gasteiger partial charge in [-0.2, -0.15) is 0 Å². The average molecular weight is 235 g/mol. The van der Waals surface area contributed by atoms with Crippen LogP contribution >= 0.6 is 0 Å². The molecule has 17 heavy (non-hydrogen) atoms. The first-order valence-electron chi connectivity index (χ1n) is 6.10. The van der Waals surface area contributed by atoms with Crippen LogP contribution in [0, 0.1) is 5.92 Å². The molecule has 1 aromatic rings. The van der Waals surface area contributed by atoms with E-state index in [1.165, 1.54) is 0 Å². The van der Waals surface area contributed by atoms with Gasteiger partial charge in [0, 0.05) is 6.04 Å². The van der Waals surface area contributed by atoms with E-state index in [0.717, 1.165) is 12.0 Å². The second kappa shape index (κ2) is 6.40. The molecule has 1 aromatic carbocycles. The van der Waals surface area contributed by atoms with Crippen molar-refractivity contribution in [2.45, 2.75) is 39.3 Å². The third kappa shape index (κ3) is 3.86. The van der Waals surface area contributed by atoms with Gasteiger partial charge in [-0.1, -0.05) is 51.1 Å². The smallest absolute Gasteiger partial charge is 0.320 e. The minimum Gasteiger partial charge on any atom is -0.480 e. The molecule has 0 radical (unpaired) electrons. The first kappa shape index (κ1) is 13.7. The number of nitrogens with one attached hydrogen (secondary N) is 1. The number of rotatable bonds is 6. The van der Waals surface area contributed by atoms with Crippen LogP contribution in [0.5, 0.6) is 0 Å². The molecule has 0 fully saturated rings. The minimum atomic E-state index is -0.783. The predicted octanol–water partition coefficient (Wildman–Crippen LogP) is 2.84. The molecule has 2 unspecified atom stereocenters. The van der Waals surface area contributed by atoms with Gasteiger partial charge in [0.25, 0.3) is 0 Å². The summed E-state index contributed by atoms with van der Waals surface area (Å²) in [6.45, 7) is 5.90. The van der Waals surface area contributed by atoms with Gasteiger partial charge >= 0.3 is 5.97 Å². The molecule has 3 nitrogen and oxygen atoms in total. The standard InChI is InChI=1S/C14H21NO2/c1-4-12(11-8-6-5-7-9-11)15-13(10(2)3)14(16)17/h5-10,12-13,15H,4H2,1-3H3,(H,16,17). The summed E-state index contributed by atoms with van der Waals surface area (Å²) in [4.78, 5) is 11.2. The maximum absolute atomic E-state index is 11.2. The van der Waals surface area contributed by atoms with Gasteiger partial charge in [-0.15, -0.1) is 0 Å². The molecule has 0 saturated carbocycles. The van der Waals surface area contributed by atoms with E-state index in [1.54, 1.807) is 0 Å². The summed E-state index contributed by atoms with van der Waals surface area (Å²) >= 11 is 0. The van der Waals surface area contributed by atoms with Crippen LogP contribution in [0.15, 0.2) is 30.3 Å². The van der Waals surface area contributed by atoms with E-state index in [1.807, 2.05) is 44.2 Å². The van der Waals surface area contributed by atoms with Crippen LogP contribution in [0.2, 0.25) is 0 Å². The quantitative estimate of drug-likeness (QED) is 0.797. The molecule has 0 spiro atoms. The van der Waals surface area contributed by atoms with Gasteiger partial charge in [0.05, 0.1) is 0 Å². The molecule has 2 atom stereocenters. The molecular formula is C14H21NO2. The Kier molecular flexibility index (Phi) is 5.16. The molecule has 94 valence electrons. The largest absolute Gasteiger partial charge is 0.480 e. The van der Waals surface area contributed by atoms with Crippen molar-refractivity contribution >= 4 is 5.97 Å². The molecule has 0 bridgehead atoms. The minimum absolute atomic E-state index is 0.0743. The highest BCUT2D eigenvalue weighted by atomic mass is 16.4. The third-order valence-electron chi connectivity index (χ3n) is 2.92. The van der Waals surface area contributed by atoms with Crippen LogP contribution in [0.25, 0.3) is 0 Å². The van der Waals surface area contributed by atoms with Crippen LogP contribution in [-0.4, -0.2) is 17.1 Å². The second-order valence-corrected chi connectivity index (χ2v) is 4.60. The molecule has 0 heterocycles. The maximum Gasteiger partial charge on any atom is 0.320 e. The summed E-state index contributed by atoms with van der Waals surface area (Å²) in [5, 5.41) is 12.4. The Balaban J connectivity index is 2.79. The van der Waals surface area contributed by atoms with E-state index in [-0.39, 0.29) is 12.0 Å². The monoisotopic (exact) mass is 235 g/mol. The molecule has 0 aliphatic rings. The van der Waals surface area contributed by atoms with Crippen LogP contribution in [0.1, 0.15) is 38.8 Å². The third-order valence-corrected chi connectivity index (χ3v) is 2.92. The number of hydrogen-bond donors (Lipinski definition) is 2. The number of carboxylic acid groups (broad SMARTS) is 1. The second-order valence-electron chi connectivity index (χ2n) is 4.60. The number of aliphatic carboxylic acids is 1. The topological polar surface area (TPSA) is 49.3 Å². The zero-order chi connectivity index (χ0) is 12.8. The summed E-state index contributed by atoms with van der Waals surface area (Å²) in [5.41, 5.74) is 1.14. The molecule has 0 aliphatic carbocycles. The molecule has 0 aromatic heterocycles. The Morgan fingerprint density at radius 1 is 1.29 bits per heavy atom. The lowest BCUT2D eigenvalue weighted by Crippen LogP contribution is -2.42. The van der Waals surface area contributed by atoms with Crippen molar-refractivity contribution in [3.63, 3.8) is 0 Å². The molecule has 0 saturated heterocycles. The number of hydrogen-bond acceptors (Lipinski definition) is 2. The number of carboxylic acids is 1. The van der Waals surface area contributed by atoms with Crippen molar-refractivity contribution in [2.75, 3.05) is 0 Å². The Labute approximate surface area is 103 Å². The highest BCUT2D eigenvalue weighted by Gasteiger charge is 2.24. The molecule has 0 amide bonds.